The molecule has 4 aliphatic carbocycles. The van der Waals surface area contributed by atoms with E-state index in [9.17, 15) is 4.79 Å². The molecule has 8 atom stereocenters. The average molecular weight is 363 g/mol. The average Bonchev–Trinajstić information content (AvgIpc) is 2.92. The Balaban J connectivity index is 1.51. The van der Waals surface area contributed by atoms with Crippen LogP contribution in [0, 0.1) is 46.3 Å². The summed E-state index contributed by atoms with van der Waals surface area (Å²) in [6.07, 6.45) is 12.8. The molecule has 0 heterocycles. The van der Waals surface area contributed by atoms with Gasteiger partial charge in [0.05, 0.1) is 0 Å². The van der Waals surface area contributed by atoms with E-state index in [0.29, 0.717) is 23.2 Å². The number of aliphatic hydroxyl groups excluding tert-OH is 1. The maximum atomic E-state index is 12.0. The first-order valence-electron chi connectivity index (χ1n) is 11.1. The fourth-order valence-electron chi connectivity index (χ4n) is 8.25. The van der Waals surface area contributed by atoms with Gasteiger partial charge in [0.1, 0.15) is 0 Å². The van der Waals surface area contributed by atoms with Crippen LogP contribution in [-0.2, 0) is 9.53 Å². The minimum absolute atomic E-state index is 0.210. The zero-order chi connectivity index (χ0) is 18.5. The molecule has 0 aliphatic heterocycles. The van der Waals surface area contributed by atoms with E-state index in [-0.39, 0.29) is 5.97 Å². The molecule has 4 rings (SSSR count). The van der Waals surface area contributed by atoms with E-state index in [0.717, 1.165) is 29.6 Å². The highest BCUT2D eigenvalue weighted by Crippen LogP contribution is 2.68. The van der Waals surface area contributed by atoms with E-state index in [1.165, 1.54) is 57.8 Å². The Morgan fingerprint density at radius 1 is 1.00 bits per heavy atom. The zero-order valence-electron chi connectivity index (χ0n) is 17.0. The lowest BCUT2D eigenvalue weighted by atomic mass is 9.44. The van der Waals surface area contributed by atoms with Gasteiger partial charge in [0.2, 0.25) is 0 Å². The fraction of sp³-hybridized carbons (Fsp3) is 0.957. The van der Waals surface area contributed by atoms with Gasteiger partial charge in [-0.1, -0.05) is 27.2 Å². The number of aliphatic hydroxyl groups is 1. The summed E-state index contributed by atoms with van der Waals surface area (Å²) in [7, 11) is 0. The standard InChI is InChI=1S/C23H38O3/c1-15-8-10-22(2)16(12-15)4-6-18-19-7-5-17(13-21(25)26-14-24)23(19,3)11-9-20(18)22/h15-20,24H,4-14H2,1-3H3/t15-,16?,17+,18-,19-,20?,22-,23+/m0/s1. The third-order valence-corrected chi connectivity index (χ3v) is 9.76. The van der Waals surface area contributed by atoms with Crippen molar-refractivity contribution in [3.63, 3.8) is 0 Å². The van der Waals surface area contributed by atoms with Gasteiger partial charge >= 0.3 is 5.97 Å². The molecular weight excluding hydrogens is 324 g/mol. The van der Waals surface area contributed by atoms with Gasteiger partial charge in [0.25, 0.3) is 0 Å². The second-order valence-electron chi connectivity index (χ2n) is 10.7. The van der Waals surface area contributed by atoms with Crippen LogP contribution in [0.2, 0.25) is 0 Å². The normalized spacial score (nSPS) is 50.5. The molecule has 3 heteroatoms. The van der Waals surface area contributed by atoms with Gasteiger partial charge in [-0.3, -0.25) is 4.79 Å². The molecule has 0 radical (unpaired) electrons. The van der Waals surface area contributed by atoms with Crippen LogP contribution in [0.5, 0.6) is 0 Å². The number of ether oxygens (including phenoxy) is 1. The van der Waals surface area contributed by atoms with Crippen molar-refractivity contribution >= 4 is 5.97 Å². The lowest BCUT2D eigenvalue weighted by Crippen LogP contribution is -2.53. The van der Waals surface area contributed by atoms with Crippen LogP contribution < -0.4 is 0 Å². The van der Waals surface area contributed by atoms with E-state index in [4.69, 9.17) is 9.84 Å². The van der Waals surface area contributed by atoms with Crippen LogP contribution in [0.25, 0.3) is 0 Å². The maximum absolute atomic E-state index is 12.0. The molecule has 0 amide bonds. The number of carbonyl (C=O) groups excluding carboxylic acids is 1. The Morgan fingerprint density at radius 2 is 1.73 bits per heavy atom. The van der Waals surface area contributed by atoms with Gasteiger partial charge in [-0.05, 0) is 97.7 Å². The predicted molar refractivity (Wildman–Crippen MR) is 102 cm³/mol. The largest absolute Gasteiger partial charge is 0.439 e. The van der Waals surface area contributed by atoms with Crippen LogP contribution in [-0.4, -0.2) is 17.9 Å². The van der Waals surface area contributed by atoms with Gasteiger partial charge in [-0.2, -0.15) is 0 Å². The maximum Gasteiger partial charge on any atom is 0.308 e. The summed E-state index contributed by atoms with van der Waals surface area (Å²) in [6.45, 7) is 7.08. The Hall–Kier alpha value is -0.570. The van der Waals surface area contributed by atoms with Gasteiger partial charge in [-0.25, -0.2) is 0 Å². The van der Waals surface area contributed by atoms with E-state index in [2.05, 4.69) is 20.8 Å². The monoisotopic (exact) mass is 362 g/mol. The Labute approximate surface area is 159 Å². The minimum atomic E-state index is -0.478. The van der Waals surface area contributed by atoms with E-state index in [1.807, 2.05) is 0 Å². The van der Waals surface area contributed by atoms with Crippen molar-refractivity contribution in [1.82, 2.24) is 0 Å². The molecular formula is C23H38O3. The van der Waals surface area contributed by atoms with Gasteiger partial charge in [0, 0.05) is 6.42 Å². The predicted octanol–water partition coefficient (Wildman–Crippen LogP) is 5.16. The molecule has 0 aromatic carbocycles. The summed E-state index contributed by atoms with van der Waals surface area (Å²) >= 11 is 0. The van der Waals surface area contributed by atoms with Crippen molar-refractivity contribution in [2.75, 3.05) is 6.79 Å². The molecule has 4 fully saturated rings. The second-order valence-corrected chi connectivity index (χ2v) is 10.7. The molecule has 0 spiro atoms. The van der Waals surface area contributed by atoms with Crippen LogP contribution in [0.15, 0.2) is 0 Å². The molecule has 2 unspecified atom stereocenters. The summed E-state index contributed by atoms with van der Waals surface area (Å²) in [5.74, 6) is 4.70. The first-order chi connectivity index (χ1) is 12.4. The molecule has 26 heavy (non-hydrogen) atoms. The second kappa shape index (κ2) is 6.79. The Morgan fingerprint density at radius 3 is 2.50 bits per heavy atom. The van der Waals surface area contributed by atoms with Crippen molar-refractivity contribution in [3.8, 4) is 0 Å². The number of hydrogen-bond acceptors (Lipinski definition) is 3. The van der Waals surface area contributed by atoms with E-state index in [1.54, 1.807) is 0 Å². The van der Waals surface area contributed by atoms with Crippen molar-refractivity contribution in [2.45, 2.75) is 85.0 Å². The van der Waals surface area contributed by atoms with Crippen molar-refractivity contribution in [2.24, 2.45) is 46.3 Å². The molecule has 0 aromatic heterocycles. The highest BCUT2D eigenvalue weighted by molar-refractivity contribution is 5.69. The first kappa shape index (κ1) is 18.8. The molecule has 1 N–H and O–H groups in total. The summed E-state index contributed by atoms with van der Waals surface area (Å²) < 4.78 is 4.85. The smallest absolute Gasteiger partial charge is 0.308 e. The van der Waals surface area contributed by atoms with Crippen LogP contribution in [0.3, 0.4) is 0 Å². The molecule has 148 valence electrons. The summed E-state index contributed by atoms with van der Waals surface area (Å²) in [6, 6.07) is 0. The lowest BCUT2D eigenvalue weighted by molar-refractivity contribution is -0.155. The fourth-order valence-corrected chi connectivity index (χ4v) is 8.25. The van der Waals surface area contributed by atoms with Crippen molar-refractivity contribution in [1.29, 1.82) is 0 Å². The van der Waals surface area contributed by atoms with E-state index >= 15 is 0 Å². The van der Waals surface area contributed by atoms with E-state index < -0.39 is 6.79 Å². The quantitative estimate of drug-likeness (QED) is 0.557. The van der Waals surface area contributed by atoms with Crippen LogP contribution >= 0.6 is 0 Å². The number of esters is 1. The highest BCUT2D eigenvalue weighted by atomic mass is 16.6. The SMILES string of the molecule is C[C@H]1CC[C@@]2(C)C(CC[C@@H]3C2CC[C@]2(C)[C@@H](CC(=O)OCO)CC[C@@H]32)C1. The third-order valence-electron chi connectivity index (χ3n) is 9.76. The topological polar surface area (TPSA) is 46.5 Å². The molecule has 3 nitrogen and oxygen atoms in total. The van der Waals surface area contributed by atoms with Crippen LogP contribution in [0.1, 0.15) is 85.0 Å². The summed E-state index contributed by atoms with van der Waals surface area (Å²) in [4.78, 5) is 12.0. The molecule has 4 saturated carbocycles. The van der Waals surface area contributed by atoms with Crippen LogP contribution in [0.4, 0.5) is 0 Å². The lowest BCUT2D eigenvalue weighted by Gasteiger charge is -2.61. The number of rotatable bonds is 3. The van der Waals surface area contributed by atoms with Crippen molar-refractivity contribution < 1.29 is 14.6 Å². The Kier molecular flexibility index (Phi) is 4.91. The van der Waals surface area contributed by atoms with Gasteiger partial charge in [-0.15, -0.1) is 0 Å². The third kappa shape index (κ3) is 2.84. The van der Waals surface area contributed by atoms with Crippen molar-refractivity contribution in [3.05, 3.63) is 0 Å². The Bertz CT molecular complexity index is 546. The molecule has 0 bridgehead atoms. The highest BCUT2D eigenvalue weighted by Gasteiger charge is 2.60. The minimum Gasteiger partial charge on any atom is -0.439 e. The van der Waals surface area contributed by atoms with Gasteiger partial charge < -0.3 is 9.84 Å². The summed E-state index contributed by atoms with van der Waals surface area (Å²) in [5, 5.41) is 8.88. The molecule has 0 saturated heterocycles. The summed E-state index contributed by atoms with van der Waals surface area (Å²) in [5.41, 5.74) is 0.880. The molecule has 4 aliphatic rings. The number of hydrogen-bond donors (Lipinski definition) is 1. The molecule has 0 aromatic rings. The zero-order valence-corrected chi connectivity index (χ0v) is 17.0. The first-order valence-corrected chi connectivity index (χ1v) is 11.1. The number of fused-ring (bicyclic) bond motifs is 5. The number of carbonyl (C=O) groups is 1. The van der Waals surface area contributed by atoms with Gasteiger partial charge in [0.15, 0.2) is 6.79 Å².